The summed E-state index contributed by atoms with van der Waals surface area (Å²) in [5.41, 5.74) is 4.39. The van der Waals surface area contributed by atoms with Crippen LogP contribution in [0.15, 0.2) is 30.2 Å². The molecule has 0 unspecified atom stereocenters. The van der Waals surface area contributed by atoms with Gasteiger partial charge >= 0.3 is 5.95 Å². The Hall–Kier alpha value is -1.58. The Kier molecular flexibility index (Phi) is 2.28. The summed E-state index contributed by atoms with van der Waals surface area (Å²) in [5, 5.41) is 8.93. The van der Waals surface area contributed by atoms with E-state index in [-0.39, 0.29) is 14.4 Å². The molecule has 0 amide bonds. The molecular formula is C8H7BNO2. The maximum absolute atomic E-state index is 8.93. The van der Waals surface area contributed by atoms with Gasteiger partial charge in [-0.25, -0.2) is 5.48 Å². The maximum atomic E-state index is 8.93. The van der Waals surface area contributed by atoms with Gasteiger partial charge in [0.05, 0.1) is 5.69 Å². The van der Waals surface area contributed by atoms with E-state index in [9.17, 15) is 0 Å². The van der Waals surface area contributed by atoms with Gasteiger partial charge in [-0.3, -0.25) is 0 Å². The molecular weight excluding hydrogens is 153 g/mol. The molecule has 1 aromatic rings. The van der Waals surface area contributed by atoms with E-state index in [2.05, 4.69) is 10.3 Å². The molecule has 0 aliphatic carbocycles. The Balaban J connectivity index is 0.000000720. The van der Waals surface area contributed by atoms with Crippen LogP contribution >= 0.6 is 0 Å². The molecule has 1 aliphatic rings. The summed E-state index contributed by atoms with van der Waals surface area (Å²) in [6.07, 6.45) is 1.56. The summed E-state index contributed by atoms with van der Waals surface area (Å²) < 4.78 is 0. The first-order chi connectivity index (χ1) is 5.36. The van der Waals surface area contributed by atoms with E-state index in [0.717, 1.165) is 11.3 Å². The number of rotatable bonds is 0. The lowest BCUT2D eigenvalue weighted by Gasteiger charge is -2.14. The Morgan fingerprint density at radius 2 is 2.00 bits per heavy atom. The molecule has 0 saturated carbocycles. The molecule has 0 spiro atoms. The summed E-state index contributed by atoms with van der Waals surface area (Å²) in [6, 6.07) is 7.56. The minimum Gasteiger partial charge on any atom is -0.479 e. The van der Waals surface area contributed by atoms with Gasteiger partial charge in [-0.1, -0.05) is 18.2 Å². The van der Waals surface area contributed by atoms with Crippen molar-refractivity contribution in [2.24, 2.45) is 0 Å². The third-order valence-electron chi connectivity index (χ3n) is 1.51. The van der Waals surface area contributed by atoms with E-state index in [1.807, 2.05) is 24.3 Å². The Labute approximate surface area is 72.2 Å². The Bertz CT molecular complexity index is 312. The summed E-state index contributed by atoms with van der Waals surface area (Å²) in [7, 11) is 0. The number of nitrogens with one attached hydrogen (secondary N) is 1. The summed E-state index contributed by atoms with van der Waals surface area (Å²) in [5.74, 6) is -0.108. The van der Waals surface area contributed by atoms with Gasteiger partial charge in [0.2, 0.25) is 0 Å². The van der Waals surface area contributed by atoms with Crippen LogP contribution in [0.4, 0.5) is 5.69 Å². The predicted molar refractivity (Wildman–Crippen MR) is 47.5 cm³/mol. The second kappa shape index (κ2) is 3.22. The van der Waals surface area contributed by atoms with E-state index in [1.165, 1.54) is 0 Å². The highest BCUT2D eigenvalue weighted by Crippen LogP contribution is 2.22. The molecule has 0 saturated heterocycles. The molecule has 12 heavy (non-hydrogen) atoms. The fraction of sp³-hybridized carbons (Fsp3) is 0. The lowest BCUT2D eigenvalue weighted by molar-refractivity contribution is 0.136. The van der Waals surface area contributed by atoms with Crippen LogP contribution in [0, 0.1) is 0 Å². The molecule has 59 valence electrons. The van der Waals surface area contributed by atoms with Crippen LogP contribution < -0.4 is 5.48 Å². The SMILES string of the molecule is OC1=Cc2ccccc2NO1.[B]. The van der Waals surface area contributed by atoms with Crippen LogP contribution in [-0.4, -0.2) is 13.5 Å². The minimum atomic E-state index is -0.108. The number of hydrogen-bond donors (Lipinski definition) is 2. The van der Waals surface area contributed by atoms with Gasteiger partial charge in [0.25, 0.3) is 0 Å². The lowest BCUT2D eigenvalue weighted by Crippen LogP contribution is -2.06. The van der Waals surface area contributed by atoms with Crippen molar-refractivity contribution in [3.05, 3.63) is 35.8 Å². The van der Waals surface area contributed by atoms with Crippen molar-refractivity contribution < 1.29 is 9.94 Å². The molecule has 0 atom stereocenters. The highest BCUT2D eigenvalue weighted by atomic mass is 16.7. The fourth-order valence-corrected chi connectivity index (χ4v) is 0.986. The molecule has 1 aliphatic heterocycles. The maximum Gasteiger partial charge on any atom is 0.304 e. The van der Waals surface area contributed by atoms with Crippen LogP contribution in [0.2, 0.25) is 0 Å². The molecule has 0 aromatic heterocycles. The van der Waals surface area contributed by atoms with Crippen LogP contribution in [0.1, 0.15) is 5.56 Å². The zero-order chi connectivity index (χ0) is 7.68. The zero-order valence-corrected chi connectivity index (χ0v) is 6.32. The monoisotopic (exact) mass is 160 g/mol. The molecule has 1 heterocycles. The lowest BCUT2D eigenvalue weighted by atomic mass is 10.2. The number of aliphatic hydroxyl groups excluding tert-OH is 1. The first-order valence-corrected chi connectivity index (χ1v) is 3.29. The predicted octanol–water partition coefficient (Wildman–Crippen LogP) is 1.52. The fourth-order valence-electron chi connectivity index (χ4n) is 0.986. The normalized spacial score (nSPS) is 12.8. The van der Waals surface area contributed by atoms with Crippen molar-refractivity contribution in [2.45, 2.75) is 0 Å². The van der Waals surface area contributed by atoms with Gasteiger partial charge in [-0.2, -0.15) is 0 Å². The molecule has 0 bridgehead atoms. The quantitative estimate of drug-likeness (QED) is 0.565. The highest BCUT2D eigenvalue weighted by Gasteiger charge is 2.07. The molecule has 2 N–H and O–H groups in total. The van der Waals surface area contributed by atoms with Gasteiger partial charge < -0.3 is 9.94 Å². The molecule has 3 radical (unpaired) electrons. The van der Waals surface area contributed by atoms with Gasteiger partial charge in [-0.15, -0.1) is 0 Å². The molecule has 1 aromatic carbocycles. The average molecular weight is 160 g/mol. The van der Waals surface area contributed by atoms with Crippen LogP contribution in [0.5, 0.6) is 0 Å². The second-order valence-electron chi connectivity index (χ2n) is 2.27. The first-order valence-electron chi connectivity index (χ1n) is 3.29. The van der Waals surface area contributed by atoms with Gasteiger partial charge in [0.1, 0.15) is 0 Å². The van der Waals surface area contributed by atoms with E-state index in [1.54, 1.807) is 6.08 Å². The van der Waals surface area contributed by atoms with Crippen molar-refractivity contribution in [1.29, 1.82) is 0 Å². The number of aliphatic hydroxyl groups is 1. The Morgan fingerprint density at radius 3 is 2.83 bits per heavy atom. The van der Waals surface area contributed by atoms with Crippen LogP contribution in [0.3, 0.4) is 0 Å². The first kappa shape index (κ1) is 8.52. The van der Waals surface area contributed by atoms with E-state index in [0.29, 0.717) is 0 Å². The second-order valence-corrected chi connectivity index (χ2v) is 2.27. The van der Waals surface area contributed by atoms with Crippen molar-refractivity contribution in [2.75, 3.05) is 5.48 Å². The van der Waals surface area contributed by atoms with Crippen LogP contribution in [-0.2, 0) is 4.84 Å². The van der Waals surface area contributed by atoms with Crippen molar-refractivity contribution in [3.63, 3.8) is 0 Å². The van der Waals surface area contributed by atoms with E-state index < -0.39 is 0 Å². The van der Waals surface area contributed by atoms with Gasteiger partial charge in [-0.05, 0) is 6.07 Å². The summed E-state index contributed by atoms with van der Waals surface area (Å²) in [4.78, 5) is 4.67. The van der Waals surface area contributed by atoms with Crippen molar-refractivity contribution in [3.8, 4) is 0 Å². The minimum absolute atomic E-state index is 0. The molecule has 2 rings (SSSR count). The van der Waals surface area contributed by atoms with Gasteiger partial charge in [0.15, 0.2) is 0 Å². The summed E-state index contributed by atoms with van der Waals surface area (Å²) in [6.45, 7) is 0. The standard InChI is InChI=1S/C8H7NO2.B/c10-8-5-6-3-1-2-4-7(6)9-11-8;/h1-5,9-10H;. The third-order valence-corrected chi connectivity index (χ3v) is 1.51. The third kappa shape index (κ3) is 1.37. The summed E-state index contributed by atoms with van der Waals surface area (Å²) >= 11 is 0. The van der Waals surface area contributed by atoms with E-state index in [4.69, 9.17) is 5.11 Å². The largest absolute Gasteiger partial charge is 0.479 e. The Morgan fingerprint density at radius 1 is 1.25 bits per heavy atom. The molecule has 3 nitrogen and oxygen atoms in total. The number of anilines is 1. The van der Waals surface area contributed by atoms with Crippen LogP contribution in [0.25, 0.3) is 6.08 Å². The number of para-hydroxylation sites is 1. The smallest absolute Gasteiger partial charge is 0.304 e. The number of hydrogen-bond acceptors (Lipinski definition) is 3. The molecule has 4 heteroatoms. The zero-order valence-electron chi connectivity index (χ0n) is 6.32. The van der Waals surface area contributed by atoms with E-state index >= 15 is 0 Å². The number of fused-ring (bicyclic) bond motifs is 1. The van der Waals surface area contributed by atoms with Gasteiger partial charge in [0, 0.05) is 20.1 Å². The number of benzene rings is 1. The topological polar surface area (TPSA) is 41.5 Å². The molecule has 0 fully saturated rings. The van der Waals surface area contributed by atoms with Crippen molar-refractivity contribution in [1.82, 2.24) is 0 Å². The van der Waals surface area contributed by atoms with Crippen molar-refractivity contribution >= 4 is 20.2 Å². The highest BCUT2D eigenvalue weighted by molar-refractivity contribution is 5.75. The average Bonchev–Trinajstić information content (AvgIpc) is 2.04.